The van der Waals surface area contributed by atoms with Crippen molar-refractivity contribution >= 4 is 22.8 Å². The molecule has 0 radical (unpaired) electrons. The summed E-state index contributed by atoms with van der Waals surface area (Å²) >= 11 is 5.16. The largest absolute Gasteiger partial charge is 0.497 e. The van der Waals surface area contributed by atoms with Gasteiger partial charge in [0.15, 0.2) is 0 Å². The third kappa shape index (κ3) is 15.9. The summed E-state index contributed by atoms with van der Waals surface area (Å²) in [4.78, 5) is 24.6. The van der Waals surface area contributed by atoms with Gasteiger partial charge in [0, 0.05) is 24.2 Å². The van der Waals surface area contributed by atoms with Crippen molar-refractivity contribution in [1.29, 1.82) is 0 Å². The Labute approximate surface area is 268 Å². The summed E-state index contributed by atoms with van der Waals surface area (Å²) in [6, 6.07) is 33.3. The number of nitrogens with zero attached hydrogens (tertiary/aromatic N) is 1. The van der Waals surface area contributed by atoms with Crippen molar-refractivity contribution < 1.29 is 19.1 Å². The van der Waals surface area contributed by atoms with Gasteiger partial charge >= 0.3 is 0 Å². The molecule has 7 nitrogen and oxygen atoms in total. The molecule has 0 atom stereocenters. The zero-order chi connectivity index (χ0) is 32.6. The zero-order valence-corrected chi connectivity index (χ0v) is 27.2. The number of hydrogen-bond donors (Lipinski definition) is 2. The van der Waals surface area contributed by atoms with Crippen molar-refractivity contribution in [2.75, 3.05) is 33.9 Å². The van der Waals surface area contributed by atoms with Crippen LogP contribution in [0.1, 0.15) is 52.6 Å². The Kier molecular flexibility index (Phi) is 20.1. The smallest absolute Gasteiger partial charge is 0.252 e. The van der Waals surface area contributed by atoms with Gasteiger partial charge in [-0.2, -0.15) is 0 Å². The topological polar surface area (TPSA) is 93.9 Å². The van der Waals surface area contributed by atoms with Gasteiger partial charge in [-0.3, -0.25) is 9.59 Å². The van der Waals surface area contributed by atoms with Crippen LogP contribution in [-0.2, 0) is 13.1 Å². The zero-order valence-electron chi connectivity index (χ0n) is 26.5. The van der Waals surface area contributed by atoms with Crippen molar-refractivity contribution in [2.24, 2.45) is 5.73 Å². The average molecular weight is 620 g/mol. The van der Waals surface area contributed by atoms with E-state index in [1.807, 2.05) is 72.8 Å². The molecule has 0 bridgehead atoms. The monoisotopic (exact) mass is 619 g/mol. The highest BCUT2D eigenvalue weighted by molar-refractivity contribution is 6.67. The lowest BCUT2D eigenvalue weighted by atomic mass is 10.2. The van der Waals surface area contributed by atoms with Crippen molar-refractivity contribution in [2.45, 2.75) is 33.9 Å². The fourth-order valence-electron chi connectivity index (χ4n) is 3.62. The molecule has 44 heavy (non-hydrogen) atoms. The molecular weight excluding hydrogens is 574 g/mol. The predicted molar refractivity (Wildman–Crippen MR) is 182 cm³/mol. The number of nitrogens with two attached hydrogens (primary N) is 1. The highest BCUT2D eigenvalue weighted by Crippen LogP contribution is 2.11. The van der Waals surface area contributed by atoms with Crippen LogP contribution in [0.3, 0.4) is 0 Å². The number of nitrogens with one attached hydrogen (secondary N) is 1. The van der Waals surface area contributed by atoms with E-state index in [1.165, 1.54) is 19.6 Å². The molecule has 0 saturated carbocycles. The SMILES string of the molecule is CCN(CC)CC.COc1ccc(CN)cc1.COc1ccc(CNC(=O)c2ccccc2)cc1.O=C(Cl)c1ccccc1. The van der Waals surface area contributed by atoms with Crippen LogP contribution in [0.5, 0.6) is 11.5 Å². The molecule has 8 heteroatoms. The van der Waals surface area contributed by atoms with Gasteiger partial charge in [0.2, 0.25) is 0 Å². The van der Waals surface area contributed by atoms with Crippen molar-refractivity contribution in [1.82, 2.24) is 10.2 Å². The molecule has 0 fully saturated rings. The third-order valence-corrected chi connectivity index (χ3v) is 6.60. The molecule has 0 spiro atoms. The number of halogens is 1. The van der Waals surface area contributed by atoms with Crippen LogP contribution < -0.4 is 20.5 Å². The molecule has 4 aromatic rings. The lowest BCUT2D eigenvalue weighted by Crippen LogP contribution is -2.22. The standard InChI is InChI=1S/C15H15NO2.C8H11NO.C7H5ClO.C6H15N/c1-18-14-9-7-12(8-10-14)11-16-15(17)13-5-3-2-4-6-13;1-10-8-4-2-7(6-9)3-5-8;8-7(9)6-4-2-1-3-5-6;1-4-7(5-2)6-3/h2-10H,11H2,1H3,(H,16,17);2-5H,6,9H2,1H3;1-5H;4-6H2,1-3H3. The first-order valence-electron chi connectivity index (χ1n) is 14.6. The fourth-order valence-corrected chi connectivity index (χ4v) is 3.74. The van der Waals surface area contributed by atoms with Gasteiger partial charge in [-0.15, -0.1) is 0 Å². The molecule has 0 heterocycles. The molecule has 0 aliphatic heterocycles. The van der Waals surface area contributed by atoms with Gasteiger partial charge in [0.25, 0.3) is 11.1 Å². The number of benzene rings is 4. The minimum Gasteiger partial charge on any atom is -0.497 e. The molecule has 0 saturated heterocycles. The van der Waals surface area contributed by atoms with Gasteiger partial charge in [-0.05, 0) is 78.8 Å². The minimum atomic E-state index is -0.407. The van der Waals surface area contributed by atoms with Gasteiger partial charge in [-0.1, -0.05) is 93.6 Å². The van der Waals surface area contributed by atoms with E-state index in [0.29, 0.717) is 24.2 Å². The van der Waals surface area contributed by atoms with Crippen LogP contribution in [0.25, 0.3) is 0 Å². The number of ether oxygens (including phenoxy) is 2. The molecule has 0 unspecified atom stereocenters. The minimum absolute atomic E-state index is 0.0635. The number of carbonyl (C=O) groups is 2. The Bertz CT molecular complexity index is 1270. The van der Waals surface area contributed by atoms with Crippen LogP contribution in [0.15, 0.2) is 109 Å². The molecule has 1 amide bonds. The lowest BCUT2D eigenvalue weighted by Gasteiger charge is -2.13. The van der Waals surface area contributed by atoms with Crippen LogP contribution in [0, 0.1) is 0 Å². The highest BCUT2D eigenvalue weighted by Gasteiger charge is 2.03. The Morgan fingerprint density at radius 2 is 1.07 bits per heavy atom. The number of hydrogen-bond acceptors (Lipinski definition) is 6. The number of carbonyl (C=O) groups excluding carboxylic acids is 2. The van der Waals surface area contributed by atoms with Crippen molar-refractivity contribution in [3.05, 3.63) is 131 Å². The maximum atomic E-state index is 11.8. The summed E-state index contributed by atoms with van der Waals surface area (Å²) in [5.74, 6) is 1.62. The molecule has 3 N–H and O–H groups in total. The first-order valence-corrected chi connectivity index (χ1v) is 15.0. The summed E-state index contributed by atoms with van der Waals surface area (Å²) in [5.41, 5.74) is 8.78. The van der Waals surface area contributed by atoms with Gasteiger partial charge in [-0.25, -0.2) is 0 Å². The summed E-state index contributed by atoms with van der Waals surface area (Å²) in [5, 5.41) is 2.47. The first-order chi connectivity index (χ1) is 21.3. The molecule has 0 aromatic heterocycles. The Morgan fingerprint density at radius 1 is 0.659 bits per heavy atom. The normalized spacial score (nSPS) is 9.64. The van der Waals surface area contributed by atoms with Crippen LogP contribution in [-0.4, -0.2) is 49.9 Å². The number of methoxy groups -OCH3 is 2. The van der Waals surface area contributed by atoms with Gasteiger partial charge in [0.1, 0.15) is 11.5 Å². The first kappa shape index (κ1) is 37.9. The van der Waals surface area contributed by atoms with E-state index in [-0.39, 0.29) is 5.91 Å². The van der Waals surface area contributed by atoms with E-state index in [0.717, 1.165) is 22.6 Å². The Hall–Kier alpha value is -4.17. The summed E-state index contributed by atoms with van der Waals surface area (Å²) in [6.07, 6.45) is 0. The van der Waals surface area contributed by atoms with Crippen LogP contribution >= 0.6 is 11.6 Å². The molecule has 236 valence electrons. The quantitative estimate of drug-likeness (QED) is 0.182. The van der Waals surface area contributed by atoms with E-state index in [9.17, 15) is 9.59 Å². The van der Waals surface area contributed by atoms with Crippen LogP contribution in [0.2, 0.25) is 0 Å². The second-order valence-electron chi connectivity index (χ2n) is 9.21. The third-order valence-electron chi connectivity index (χ3n) is 6.39. The molecule has 4 aromatic carbocycles. The maximum Gasteiger partial charge on any atom is 0.252 e. The number of rotatable bonds is 10. The van der Waals surface area contributed by atoms with Crippen LogP contribution in [0.4, 0.5) is 0 Å². The Balaban J connectivity index is 0.000000318. The van der Waals surface area contributed by atoms with Gasteiger partial charge in [0.05, 0.1) is 14.2 Å². The summed E-state index contributed by atoms with van der Waals surface area (Å²) in [6.45, 7) is 11.2. The summed E-state index contributed by atoms with van der Waals surface area (Å²) in [7, 11) is 3.28. The van der Waals surface area contributed by atoms with Crippen molar-refractivity contribution in [3.8, 4) is 11.5 Å². The maximum absolute atomic E-state index is 11.8. The Morgan fingerprint density at radius 3 is 1.39 bits per heavy atom. The summed E-state index contributed by atoms with van der Waals surface area (Å²) < 4.78 is 10.0. The van der Waals surface area contributed by atoms with Crippen molar-refractivity contribution in [3.63, 3.8) is 0 Å². The number of amides is 1. The molecular formula is C36H46ClN3O4. The fraction of sp³-hybridized carbons (Fsp3) is 0.278. The van der Waals surface area contributed by atoms with E-state index < -0.39 is 5.24 Å². The average Bonchev–Trinajstić information content (AvgIpc) is 3.10. The highest BCUT2D eigenvalue weighted by atomic mass is 35.5. The van der Waals surface area contributed by atoms with E-state index in [4.69, 9.17) is 26.8 Å². The predicted octanol–water partition coefficient (Wildman–Crippen LogP) is 7.19. The molecule has 4 rings (SSSR count). The second-order valence-corrected chi connectivity index (χ2v) is 9.55. The molecule has 0 aliphatic carbocycles. The van der Waals surface area contributed by atoms with E-state index in [1.54, 1.807) is 50.6 Å². The second kappa shape index (κ2) is 23.3. The molecule has 0 aliphatic rings. The van der Waals surface area contributed by atoms with Gasteiger partial charge < -0.3 is 25.4 Å². The lowest BCUT2D eigenvalue weighted by molar-refractivity contribution is 0.0950. The van der Waals surface area contributed by atoms with E-state index >= 15 is 0 Å². The van der Waals surface area contributed by atoms with E-state index in [2.05, 4.69) is 31.0 Å².